The average Bonchev–Trinajstić information content (AvgIpc) is 3.07. The van der Waals surface area contributed by atoms with Crippen LogP contribution in [0.4, 0.5) is 18.9 Å². The van der Waals surface area contributed by atoms with Gasteiger partial charge in [0.05, 0.1) is 10.8 Å². The van der Waals surface area contributed by atoms with Gasteiger partial charge in [0.25, 0.3) is 9.84 Å². The van der Waals surface area contributed by atoms with Gasteiger partial charge in [-0.05, 0) is 49.3 Å². The third kappa shape index (κ3) is 3.50. The summed E-state index contributed by atoms with van der Waals surface area (Å²) in [4.78, 5) is 11.5. The highest BCUT2D eigenvalue weighted by molar-refractivity contribution is 7.92. The van der Waals surface area contributed by atoms with Gasteiger partial charge in [0.1, 0.15) is 0 Å². The minimum atomic E-state index is -5.45. The quantitative estimate of drug-likeness (QED) is 0.819. The number of carbonyl (C=O) groups excluding carboxylic acids is 1. The molecule has 10 heteroatoms. The number of fused-ring (bicyclic) bond motifs is 2. The van der Waals surface area contributed by atoms with Crippen LogP contribution in [0.25, 0.3) is 0 Å². The second kappa shape index (κ2) is 6.77. The van der Waals surface area contributed by atoms with E-state index in [1.54, 1.807) is 0 Å². The maximum atomic E-state index is 12.6. The van der Waals surface area contributed by atoms with Gasteiger partial charge in [-0.3, -0.25) is 4.79 Å². The van der Waals surface area contributed by atoms with Crippen LogP contribution in [0.2, 0.25) is 0 Å². The molecule has 0 spiro atoms. The van der Waals surface area contributed by atoms with Crippen LogP contribution in [0.1, 0.15) is 19.3 Å². The van der Waals surface area contributed by atoms with Crippen molar-refractivity contribution < 1.29 is 26.4 Å². The van der Waals surface area contributed by atoms with E-state index in [9.17, 15) is 26.4 Å². The number of halogens is 4. The lowest BCUT2D eigenvalue weighted by molar-refractivity contribution is -0.121. The van der Waals surface area contributed by atoms with Gasteiger partial charge < -0.3 is 11.1 Å². The fourth-order valence-corrected chi connectivity index (χ4v) is 4.63. The SMILES string of the molecule is Cl.N[C@@H]1[C@@H]2CC[C@@H](C2)[C@@H]1C(=O)Nc1cccc(S(=O)(=O)C(F)(F)F)c1. The zero-order chi connectivity index (χ0) is 17.7. The smallest absolute Gasteiger partial charge is 0.327 e. The van der Waals surface area contributed by atoms with E-state index in [0.29, 0.717) is 5.92 Å². The van der Waals surface area contributed by atoms with E-state index in [-0.39, 0.29) is 41.9 Å². The topological polar surface area (TPSA) is 89.3 Å². The Morgan fingerprint density at radius 1 is 1.20 bits per heavy atom. The number of rotatable bonds is 3. The summed E-state index contributed by atoms with van der Waals surface area (Å²) in [7, 11) is -5.45. The van der Waals surface area contributed by atoms with Crippen molar-refractivity contribution in [1.82, 2.24) is 0 Å². The molecule has 1 aromatic carbocycles. The van der Waals surface area contributed by atoms with Crippen molar-refractivity contribution in [3.63, 3.8) is 0 Å². The second-order valence-corrected chi connectivity index (χ2v) is 8.34. The van der Waals surface area contributed by atoms with E-state index < -0.39 is 20.2 Å². The van der Waals surface area contributed by atoms with Crippen molar-refractivity contribution in [2.45, 2.75) is 35.7 Å². The van der Waals surface area contributed by atoms with Crippen molar-refractivity contribution in [2.75, 3.05) is 5.32 Å². The maximum Gasteiger partial charge on any atom is 0.501 e. The van der Waals surface area contributed by atoms with E-state index in [1.807, 2.05) is 0 Å². The Bertz CT molecular complexity index is 768. The summed E-state index contributed by atoms with van der Waals surface area (Å²) in [6, 6.07) is 3.92. The van der Waals surface area contributed by atoms with Gasteiger partial charge in [0, 0.05) is 11.7 Å². The van der Waals surface area contributed by atoms with Crippen LogP contribution in [0.3, 0.4) is 0 Å². The van der Waals surface area contributed by atoms with Gasteiger partial charge in [-0.25, -0.2) is 8.42 Å². The number of sulfone groups is 1. The first-order chi connectivity index (χ1) is 11.1. The largest absolute Gasteiger partial charge is 0.501 e. The molecule has 140 valence electrons. The number of nitrogens with two attached hydrogens (primary N) is 1. The molecule has 0 saturated heterocycles. The van der Waals surface area contributed by atoms with Crippen LogP contribution >= 0.6 is 12.4 Å². The van der Waals surface area contributed by atoms with Gasteiger partial charge in [0.15, 0.2) is 0 Å². The van der Waals surface area contributed by atoms with Gasteiger partial charge in [-0.1, -0.05) is 6.07 Å². The minimum Gasteiger partial charge on any atom is -0.327 e. The molecule has 2 fully saturated rings. The molecule has 5 nitrogen and oxygen atoms in total. The molecule has 2 saturated carbocycles. The number of carbonyl (C=O) groups is 1. The molecule has 25 heavy (non-hydrogen) atoms. The molecule has 0 radical (unpaired) electrons. The molecule has 3 N–H and O–H groups in total. The lowest BCUT2D eigenvalue weighted by Crippen LogP contribution is -2.42. The molecule has 0 unspecified atom stereocenters. The van der Waals surface area contributed by atoms with Crippen molar-refractivity contribution >= 4 is 33.8 Å². The summed E-state index contributed by atoms with van der Waals surface area (Å²) in [5.41, 5.74) is 0.697. The van der Waals surface area contributed by atoms with Crippen molar-refractivity contribution in [2.24, 2.45) is 23.5 Å². The Balaban J connectivity index is 0.00000225. The lowest BCUT2D eigenvalue weighted by Gasteiger charge is -2.27. The highest BCUT2D eigenvalue weighted by atomic mass is 35.5. The van der Waals surface area contributed by atoms with Gasteiger partial charge in [0.2, 0.25) is 5.91 Å². The highest BCUT2D eigenvalue weighted by Gasteiger charge is 2.49. The van der Waals surface area contributed by atoms with Crippen LogP contribution in [-0.4, -0.2) is 25.9 Å². The first kappa shape index (κ1) is 20.0. The Morgan fingerprint density at radius 2 is 1.84 bits per heavy atom. The third-order valence-corrected chi connectivity index (χ3v) is 6.48. The number of amides is 1. The molecule has 2 bridgehead atoms. The first-order valence-corrected chi connectivity index (χ1v) is 9.07. The Kier molecular flexibility index (Phi) is 5.42. The van der Waals surface area contributed by atoms with Crippen LogP contribution in [0.5, 0.6) is 0 Å². The summed E-state index contributed by atoms with van der Waals surface area (Å²) in [5.74, 6) is -0.252. The van der Waals surface area contributed by atoms with E-state index in [0.717, 1.165) is 37.5 Å². The number of hydrogen-bond acceptors (Lipinski definition) is 4. The normalized spacial score (nSPS) is 28.5. The fourth-order valence-electron chi connectivity index (χ4n) is 3.83. The van der Waals surface area contributed by atoms with Crippen molar-refractivity contribution in [3.8, 4) is 0 Å². The first-order valence-electron chi connectivity index (χ1n) is 7.59. The molecule has 1 aromatic rings. The molecule has 4 atom stereocenters. The molecule has 2 aliphatic carbocycles. The number of alkyl halides is 3. The van der Waals surface area contributed by atoms with Crippen molar-refractivity contribution in [1.29, 1.82) is 0 Å². The molecular weight excluding hydrogens is 381 g/mol. The van der Waals surface area contributed by atoms with Crippen LogP contribution < -0.4 is 11.1 Å². The number of anilines is 1. The summed E-state index contributed by atoms with van der Waals surface area (Å²) in [5, 5.41) is 2.51. The Hall–Kier alpha value is -1.32. The summed E-state index contributed by atoms with van der Waals surface area (Å²) >= 11 is 0. The van der Waals surface area contributed by atoms with Gasteiger partial charge >= 0.3 is 5.51 Å². The maximum absolute atomic E-state index is 12.6. The summed E-state index contributed by atoms with van der Waals surface area (Å²) in [6.07, 6.45) is 2.80. The van der Waals surface area contributed by atoms with Gasteiger partial charge in [-0.2, -0.15) is 13.2 Å². The molecule has 0 aliphatic heterocycles. The second-order valence-electron chi connectivity index (χ2n) is 6.40. The van der Waals surface area contributed by atoms with E-state index in [1.165, 1.54) is 6.07 Å². The molecule has 0 aromatic heterocycles. The predicted octanol–water partition coefficient (Wildman–Crippen LogP) is 2.71. The Morgan fingerprint density at radius 3 is 2.40 bits per heavy atom. The van der Waals surface area contributed by atoms with E-state index in [2.05, 4.69) is 5.32 Å². The van der Waals surface area contributed by atoms with Crippen LogP contribution in [-0.2, 0) is 14.6 Å². The number of benzene rings is 1. The summed E-state index contributed by atoms with van der Waals surface area (Å²) in [6.45, 7) is 0. The van der Waals surface area contributed by atoms with E-state index in [4.69, 9.17) is 5.73 Å². The van der Waals surface area contributed by atoms with E-state index >= 15 is 0 Å². The fraction of sp³-hybridized carbons (Fsp3) is 0.533. The lowest BCUT2D eigenvalue weighted by atomic mass is 9.84. The molecule has 1 amide bonds. The number of hydrogen-bond donors (Lipinski definition) is 2. The zero-order valence-electron chi connectivity index (χ0n) is 13.0. The molecular formula is C15H18ClF3N2O3S. The average molecular weight is 399 g/mol. The summed E-state index contributed by atoms with van der Waals surface area (Å²) < 4.78 is 60.8. The minimum absolute atomic E-state index is 0. The molecule has 0 heterocycles. The van der Waals surface area contributed by atoms with Crippen molar-refractivity contribution in [3.05, 3.63) is 24.3 Å². The standard InChI is InChI=1S/C15H17F3N2O3S.ClH/c16-15(17,18)24(22,23)11-3-1-2-10(7-11)20-14(21)12-8-4-5-9(6-8)13(12)19;/h1-3,7-9,12-13H,4-6,19H2,(H,20,21);1H/t8-,9+,12-,13+;/m0./s1. The monoisotopic (exact) mass is 398 g/mol. The number of nitrogens with one attached hydrogen (secondary N) is 1. The third-order valence-electron chi connectivity index (χ3n) is 5.00. The predicted molar refractivity (Wildman–Crippen MR) is 87.9 cm³/mol. The van der Waals surface area contributed by atoms with Crippen LogP contribution in [0, 0.1) is 17.8 Å². The Labute approximate surface area is 149 Å². The van der Waals surface area contributed by atoms with Gasteiger partial charge in [-0.15, -0.1) is 12.4 Å². The zero-order valence-corrected chi connectivity index (χ0v) is 14.6. The molecule has 2 aliphatic rings. The van der Waals surface area contributed by atoms with Crippen LogP contribution in [0.15, 0.2) is 29.2 Å². The highest BCUT2D eigenvalue weighted by Crippen LogP contribution is 2.48. The molecule has 3 rings (SSSR count).